The van der Waals surface area contributed by atoms with Crippen molar-refractivity contribution in [3.63, 3.8) is 0 Å². The molecule has 146 valence electrons. The summed E-state index contributed by atoms with van der Waals surface area (Å²) in [5.74, 6) is 0.129. The van der Waals surface area contributed by atoms with Crippen molar-refractivity contribution in [3.8, 4) is 0 Å². The van der Waals surface area contributed by atoms with Crippen molar-refractivity contribution in [2.45, 2.75) is 36.9 Å². The third-order valence-electron chi connectivity index (χ3n) is 5.48. The molecule has 8 heteroatoms. The molecule has 0 amide bonds. The van der Waals surface area contributed by atoms with Gasteiger partial charge in [-0.3, -0.25) is 9.69 Å². The fourth-order valence-electron chi connectivity index (χ4n) is 3.91. The molecule has 4 rings (SSSR count). The highest BCUT2D eigenvalue weighted by atomic mass is 32.2. The van der Waals surface area contributed by atoms with Gasteiger partial charge in [0, 0.05) is 49.2 Å². The molecule has 3 heterocycles. The number of carbonyl (C=O) groups is 1. The molecule has 0 radical (unpaired) electrons. The number of aryl methyl sites for hydroxylation is 1. The maximum Gasteiger partial charge on any atom is 0.252 e. The van der Waals surface area contributed by atoms with Crippen molar-refractivity contribution in [2.75, 3.05) is 32.7 Å². The second-order valence-electron chi connectivity index (χ2n) is 7.42. The number of thiophene rings is 1. The average molecular weight is 408 g/mol. The van der Waals surface area contributed by atoms with E-state index in [1.165, 1.54) is 28.5 Å². The number of nitrogens with zero attached hydrogens (tertiary/aromatic N) is 3. The van der Waals surface area contributed by atoms with E-state index in [-0.39, 0.29) is 5.78 Å². The highest BCUT2D eigenvalue weighted by Gasteiger charge is 2.31. The van der Waals surface area contributed by atoms with Crippen LogP contribution in [0.25, 0.3) is 0 Å². The van der Waals surface area contributed by atoms with E-state index in [9.17, 15) is 13.2 Å². The molecular weight excluding hydrogens is 382 g/mol. The Morgan fingerprint density at radius 2 is 1.89 bits per heavy atom. The average Bonchev–Trinajstić information content (AvgIpc) is 3.19. The van der Waals surface area contributed by atoms with Crippen LogP contribution in [0.1, 0.15) is 40.6 Å². The van der Waals surface area contributed by atoms with E-state index in [2.05, 4.69) is 16.4 Å². The van der Waals surface area contributed by atoms with Crippen LogP contribution < -0.4 is 0 Å². The largest absolute Gasteiger partial charge is 0.345 e. The number of Topliss-reactive ketones (excluding diaryl/α,β-unsaturated/α-hetero) is 1. The van der Waals surface area contributed by atoms with E-state index >= 15 is 0 Å². The van der Waals surface area contributed by atoms with Gasteiger partial charge in [0.2, 0.25) is 0 Å². The van der Waals surface area contributed by atoms with Crippen LogP contribution in [0.2, 0.25) is 0 Å². The molecule has 0 bridgehead atoms. The summed E-state index contributed by atoms with van der Waals surface area (Å²) in [6.45, 7) is 6.46. The van der Waals surface area contributed by atoms with Gasteiger partial charge in [-0.2, -0.15) is 4.31 Å². The first-order valence-electron chi connectivity index (χ1n) is 9.35. The smallest absolute Gasteiger partial charge is 0.252 e. The summed E-state index contributed by atoms with van der Waals surface area (Å²) in [5.41, 5.74) is 3.04. The maximum absolute atomic E-state index is 12.8. The fourth-order valence-corrected chi connectivity index (χ4v) is 6.47. The lowest BCUT2D eigenvalue weighted by Gasteiger charge is -2.33. The molecule has 0 atom stereocenters. The van der Waals surface area contributed by atoms with Crippen molar-refractivity contribution in [1.82, 2.24) is 13.8 Å². The number of sulfonamides is 1. The summed E-state index contributed by atoms with van der Waals surface area (Å²) < 4.78 is 29.4. The van der Waals surface area contributed by atoms with E-state index < -0.39 is 10.0 Å². The Morgan fingerprint density at radius 3 is 2.48 bits per heavy atom. The van der Waals surface area contributed by atoms with Gasteiger partial charge in [0.05, 0.1) is 6.54 Å². The Balaban J connectivity index is 1.38. The normalized spacial score (nSPS) is 19.5. The van der Waals surface area contributed by atoms with E-state index in [1.807, 2.05) is 13.0 Å². The van der Waals surface area contributed by atoms with Gasteiger partial charge in [0.1, 0.15) is 4.21 Å². The zero-order chi connectivity index (χ0) is 19.2. The highest BCUT2D eigenvalue weighted by molar-refractivity contribution is 7.91. The summed E-state index contributed by atoms with van der Waals surface area (Å²) >= 11 is 1.25. The van der Waals surface area contributed by atoms with Gasteiger partial charge in [-0.15, -0.1) is 11.3 Å². The second kappa shape index (κ2) is 7.16. The molecule has 27 heavy (non-hydrogen) atoms. The van der Waals surface area contributed by atoms with Crippen LogP contribution >= 0.6 is 11.3 Å². The fraction of sp³-hybridized carbons (Fsp3) is 0.526. The summed E-state index contributed by atoms with van der Waals surface area (Å²) in [6, 6.07) is 5.97. The number of piperazine rings is 1. The molecular formula is C19H25N3O3S2. The molecule has 0 spiro atoms. The Hall–Kier alpha value is -1.48. The Kier molecular flexibility index (Phi) is 5.00. The minimum absolute atomic E-state index is 0.129. The van der Waals surface area contributed by atoms with Gasteiger partial charge in [-0.25, -0.2) is 8.42 Å². The quantitative estimate of drug-likeness (QED) is 0.691. The first kappa shape index (κ1) is 18.9. The predicted octanol–water partition coefficient (Wildman–Crippen LogP) is 2.69. The zero-order valence-corrected chi connectivity index (χ0v) is 17.4. The number of carbonyl (C=O) groups excluding carboxylic acids is 1. The number of hydrogen-bond acceptors (Lipinski definition) is 5. The van der Waals surface area contributed by atoms with Crippen LogP contribution in [-0.2, 0) is 10.0 Å². The molecule has 2 fully saturated rings. The Labute approximate surface area is 164 Å². The van der Waals surface area contributed by atoms with Crippen LogP contribution in [0.4, 0.5) is 0 Å². The van der Waals surface area contributed by atoms with Gasteiger partial charge in [0.15, 0.2) is 5.78 Å². The zero-order valence-electron chi connectivity index (χ0n) is 15.7. The Morgan fingerprint density at radius 1 is 1.19 bits per heavy atom. The molecule has 0 unspecified atom stereocenters. The summed E-state index contributed by atoms with van der Waals surface area (Å²) in [7, 11) is -3.40. The first-order valence-corrected chi connectivity index (χ1v) is 11.7. The third kappa shape index (κ3) is 3.63. The lowest BCUT2D eigenvalue weighted by Crippen LogP contribution is -2.49. The van der Waals surface area contributed by atoms with Crippen molar-refractivity contribution >= 4 is 27.1 Å². The standard InChI is InChI=1S/C19H25N3O3S2/c1-14-12-17(15(2)22(14)16-5-6-16)18(23)13-20-7-9-21(10-8-20)27(24,25)19-4-3-11-26-19/h3-4,11-12,16H,5-10,13H2,1-2H3. The van der Waals surface area contributed by atoms with Crippen molar-refractivity contribution < 1.29 is 13.2 Å². The Bertz CT molecular complexity index is 935. The molecule has 2 aromatic heterocycles. The van der Waals surface area contributed by atoms with E-state index in [0.29, 0.717) is 43.0 Å². The van der Waals surface area contributed by atoms with Crippen LogP contribution in [0.15, 0.2) is 27.8 Å². The molecule has 0 aromatic carbocycles. The molecule has 0 N–H and O–H groups in total. The molecule has 1 saturated heterocycles. The minimum Gasteiger partial charge on any atom is -0.345 e. The van der Waals surface area contributed by atoms with Crippen LogP contribution in [0.5, 0.6) is 0 Å². The summed E-state index contributed by atoms with van der Waals surface area (Å²) in [4.78, 5) is 14.9. The number of aromatic nitrogens is 1. The number of rotatable bonds is 6. The summed E-state index contributed by atoms with van der Waals surface area (Å²) in [5, 5.41) is 1.78. The summed E-state index contributed by atoms with van der Waals surface area (Å²) in [6.07, 6.45) is 2.40. The SMILES string of the molecule is Cc1cc(C(=O)CN2CCN(S(=O)(=O)c3cccs3)CC2)c(C)n1C1CC1. The lowest BCUT2D eigenvalue weighted by atomic mass is 10.1. The van der Waals surface area contributed by atoms with E-state index in [1.54, 1.807) is 17.5 Å². The molecule has 2 aliphatic rings. The number of hydrogen-bond donors (Lipinski definition) is 0. The topological polar surface area (TPSA) is 62.6 Å². The molecule has 6 nitrogen and oxygen atoms in total. The first-order chi connectivity index (χ1) is 12.9. The van der Waals surface area contributed by atoms with Gasteiger partial charge in [-0.1, -0.05) is 6.07 Å². The minimum atomic E-state index is -3.40. The van der Waals surface area contributed by atoms with Gasteiger partial charge >= 0.3 is 0 Å². The van der Waals surface area contributed by atoms with Gasteiger partial charge in [-0.05, 0) is 44.2 Å². The third-order valence-corrected chi connectivity index (χ3v) is 8.76. The lowest BCUT2D eigenvalue weighted by molar-refractivity contribution is 0.0901. The van der Waals surface area contributed by atoms with Crippen LogP contribution in [-0.4, -0.2) is 60.7 Å². The molecule has 2 aromatic rings. The predicted molar refractivity (Wildman–Crippen MR) is 106 cm³/mol. The maximum atomic E-state index is 12.8. The van der Waals surface area contributed by atoms with E-state index in [0.717, 1.165) is 17.0 Å². The molecule has 1 aliphatic carbocycles. The van der Waals surface area contributed by atoms with Crippen molar-refractivity contribution in [2.24, 2.45) is 0 Å². The van der Waals surface area contributed by atoms with Gasteiger partial charge in [0.25, 0.3) is 10.0 Å². The van der Waals surface area contributed by atoms with Crippen molar-refractivity contribution in [1.29, 1.82) is 0 Å². The highest BCUT2D eigenvalue weighted by Crippen LogP contribution is 2.38. The molecule has 1 aliphatic heterocycles. The number of ketones is 1. The second-order valence-corrected chi connectivity index (χ2v) is 10.5. The van der Waals surface area contributed by atoms with Crippen LogP contribution in [0, 0.1) is 13.8 Å². The monoisotopic (exact) mass is 407 g/mol. The van der Waals surface area contributed by atoms with Crippen LogP contribution in [0.3, 0.4) is 0 Å². The van der Waals surface area contributed by atoms with Crippen molar-refractivity contribution in [3.05, 3.63) is 40.5 Å². The van der Waals surface area contributed by atoms with Gasteiger partial charge < -0.3 is 4.57 Å². The molecule has 1 saturated carbocycles. The van der Waals surface area contributed by atoms with E-state index in [4.69, 9.17) is 0 Å².